The zero-order valence-electron chi connectivity index (χ0n) is 11.3. The number of nitro benzene ring substituents is 1. The largest absolute Gasteiger partial charge is 0.478 e. The lowest BCUT2D eigenvalue weighted by atomic mass is 9.94. The molecule has 106 valence electrons. The average molecular weight is 283 g/mol. The highest BCUT2D eigenvalue weighted by molar-refractivity contribution is 5.95. The predicted molar refractivity (Wildman–Crippen MR) is 79.0 cm³/mol. The Balaban J connectivity index is 2.54. The van der Waals surface area contributed by atoms with Gasteiger partial charge in [0, 0.05) is 18.2 Å². The summed E-state index contributed by atoms with van der Waals surface area (Å²) in [6.07, 6.45) is 1.11. The lowest BCUT2D eigenvalue weighted by Crippen LogP contribution is -1.97. The van der Waals surface area contributed by atoms with Gasteiger partial charge in [-0.1, -0.05) is 24.3 Å². The van der Waals surface area contributed by atoms with E-state index in [4.69, 9.17) is 5.11 Å². The third-order valence-corrected chi connectivity index (χ3v) is 3.09. The van der Waals surface area contributed by atoms with Gasteiger partial charge in [0.15, 0.2) is 0 Å². The van der Waals surface area contributed by atoms with E-state index in [1.54, 1.807) is 12.1 Å². The molecule has 2 aromatic carbocycles. The van der Waals surface area contributed by atoms with Crippen molar-refractivity contribution >= 4 is 17.2 Å². The molecular weight excluding hydrogens is 270 g/mol. The van der Waals surface area contributed by atoms with Crippen LogP contribution in [0.25, 0.3) is 5.57 Å². The van der Waals surface area contributed by atoms with E-state index in [9.17, 15) is 14.9 Å². The molecule has 0 atom stereocenters. The van der Waals surface area contributed by atoms with E-state index in [0.29, 0.717) is 11.1 Å². The Hall–Kier alpha value is -2.95. The quantitative estimate of drug-likeness (QED) is 0.529. The summed E-state index contributed by atoms with van der Waals surface area (Å²) in [5, 5.41) is 19.7. The number of hydrogen-bond donors (Lipinski definition) is 1. The van der Waals surface area contributed by atoms with Crippen molar-refractivity contribution in [2.45, 2.75) is 6.92 Å². The van der Waals surface area contributed by atoms with Crippen molar-refractivity contribution in [3.05, 3.63) is 81.4 Å². The van der Waals surface area contributed by atoms with E-state index in [1.165, 1.54) is 12.1 Å². The number of benzene rings is 2. The Morgan fingerprint density at radius 2 is 1.76 bits per heavy atom. The van der Waals surface area contributed by atoms with Crippen LogP contribution in [0.4, 0.5) is 5.69 Å². The molecule has 0 aliphatic carbocycles. The molecule has 0 unspecified atom stereocenters. The zero-order chi connectivity index (χ0) is 15.4. The lowest BCUT2D eigenvalue weighted by molar-refractivity contribution is -0.384. The second-order valence-corrected chi connectivity index (χ2v) is 4.52. The molecule has 5 nitrogen and oxygen atoms in total. The number of non-ortho nitro benzene ring substituents is 1. The molecule has 5 heteroatoms. The van der Waals surface area contributed by atoms with E-state index < -0.39 is 10.9 Å². The van der Waals surface area contributed by atoms with Gasteiger partial charge in [0.05, 0.1) is 4.92 Å². The van der Waals surface area contributed by atoms with Gasteiger partial charge >= 0.3 is 5.97 Å². The Labute approximate surface area is 121 Å². The Kier molecular flexibility index (Phi) is 4.13. The van der Waals surface area contributed by atoms with Gasteiger partial charge in [0.1, 0.15) is 0 Å². The van der Waals surface area contributed by atoms with Crippen molar-refractivity contribution in [1.29, 1.82) is 0 Å². The van der Waals surface area contributed by atoms with Gasteiger partial charge in [0.25, 0.3) is 5.69 Å². The van der Waals surface area contributed by atoms with E-state index in [-0.39, 0.29) is 5.69 Å². The molecular formula is C16H13NO4. The summed E-state index contributed by atoms with van der Waals surface area (Å²) in [6, 6.07) is 13.2. The number of aryl methyl sites for hydroxylation is 1. The molecule has 0 heterocycles. The summed E-state index contributed by atoms with van der Waals surface area (Å²) in [4.78, 5) is 21.3. The van der Waals surface area contributed by atoms with Gasteiger partial charge in [-0.2, -0.15) is 0 Å². The van der Waals surface area contributed by atoms with Gasteiger partial charge < -0.3 is 5.11 Å². The molecule has 0 fully saturated rings. The van der Waals surface area contributed by atoms with Gasteiger partial charge in [-0.05, 0) is 41.3 Å². The average Bonchev–Trinajstić information content (AvgIpc) is 2.45. The van der Waals surface area contributed by atoms with E-state index >= 15 is 0 Å². The third-order valence-electron chi connectivity index (χ3n) is 3.09. The minimum Gasteiger partial charge on any atom is -0.478 e. The van der Waals surface area contributed by atoms with Crippen LogP contribution in [0.3, 0.4) is 0 Å². The summed E-state index contributed by atoms with van der Waals surface area (Å²) in [7, 11) is 0. The molecule has 0 bridgehead atoms. The molecule has 2 aromatic rings. The third kappa shape index (κ3) is 3.33. The van der Waals surface area contributed by atoms with E-state index in [1.807, 2.05) is 31.2 Å². The normalized spacial score (nSPS) is 11.2. The first-order valence-electron chi connectivity index (χ1n) is 6.24. The minimum absolute atomic E-state index is 0.0294. The van der Waals surface area contributed by atoms with Crippen LogP contribution >= 0.6 is 0 Å². The number of carbonyl (C=O) groups is 1. The first-order chi connectivity index (χ1) is 9.99. The van der Waals surface area contributed by atoms with Gasteiger partial charge in [-0.15, -0.1) is 0 Å². The highest BCUT2D eigenvalue weighted by Crippen LogP contribution is 2.27. The Morgan fingerprint density at radius 1 is 1.14 bits per heavy atom. The number of nitrogens with zero attached hydrogens (tertiary/aromatic N) is 1. The molecule has 0 radical (unpaired) electrons. The first kappa shape index (κ1) is 14.5. The fourth-order valence-corrected chi connectivity index (χ4v) is 2.08. The lowest BCUT2D eigenvalue weighted by Gasteiger charge is -2.10. The number of hydrogen-bond acceptors (Lipinski definition) is 3. The van der Waals surface area contributed by atoms with Crippen LogP contribution in [0, 0.1) is 17.0 Å². The molecule has 0 aliphatic heterocycles. The SMILES string of the molecule is Cc1ccccc1C(=CC(=O)O)c1ccc([N+](=O)[O-])cc1. The monoisotopic (exact) mass is 283 g/mol. The van der Waals surface area contributed by atoms with Crippen LogP contribution in [0.5, 0.6) is 0 Å². The fourth-order valence-electron chi connectivity index (χ4n) is 2.08. The fraction of sp³-hybridized carbons (Fsp3) is 0.0625. The summed E-state index contributed by atoms with van der Waals surface area (Å²) in [6.45, 7) is 1.89. The van der Waals surface area contributed by atoms with Crippen LogP contribution in [-0.4, -0.2) is 16.0 Å². The topological polar surface area (TPSA) is 80.4 Å². The van der Waals surface area contributed by atoms with Crippen molar-refractivity contribution in [3.8, 4) is 0 Å². The molecule has 2 rings (SSSR count). The van der Waals surface area contributed by atoms with Crippen molar-refractivity contribution in [1.82, 2.24) is 0 Å². The second-order valence-electron chi connectivity index (χ2n) is 4.52. The standard InChI is InChI=1S/C16H13NO4/c1-11-4-2-3-5-14(11)15(10-16(18)19)12-6-8-13(9-7-12)17(20)21/h2-10H,1H3,(H,18,19). The van der Waals surface area contributed by atoms with Crippen LogP contribution < -0.4 is 0 Å². The molecule has 21 heavy (non-hydrogen) atoms. The number of carboxylic acid groups (broad SMARTS) is 1. The van der Waals surface area contributed by atoms with Crippen LogP contribution in [-0.2, 0) is 4.79 Å². The van der Waals surface area contributed by atoms with Gasteiger partial charge in [-0.25, -0.2) is 4.79 Å². The van der Waals surface area contributed by atoms with Crippen LogP contribution in [0.2, 0.25) is 0 Å². The maximum Gasteiger partial charge on any atom is 0.328 e. The predicted octanol–water partition coefficient (Wildman–Crippen LogP) is 3.42. The highest BCUT2D eigenvalue weighted by Gasteiger charge is 2.11. The smallest absolute Gasteiger partial charge is 0.328 e. The molecule has 0 saturated carbocycles. The summed E-state index contributed by atoms with van der Waals surface area (Å²) >= 11 is 0. The molecule has 0 aliphatic rings. The molecule has 0 amide bonds. The van der Waals surface area contributed by atoms with Crippen LogP contribution in [0.1, 0.15) is 16.7 Å². The highest BCUT2D eigenvalue weighted by atomic mass is 16.6. The zero-order valence-corrected chi connectivity index (χ0v) is 11.3. The van der Waals surface area contributed by atoms with Gasteiger partial charge in [-0.3, -0.25) is 10.1 Å². The van der Waals surface area contributed by atoms with Crippen molar-refractivity contribution < 1.29 is 14.8 Å². The Bertz CT molecular complexity index is 717. The summed E-state index contributed by atoms with van der Waals surface area (Å²) in [5.41, 5.74) is 2.84. The van der Waals surface area contributed by atoms with Crippen molar-refractivity contribution in [3.63, 3.8) is 0 Å². The summed E-state index contributed by atoms with van der Waals surface area (Å²) in [5.74, 6) is -1.06. The van der Waals surface area contributed by atoms with E-state index in [0.717, 1.165) is 17.2 Å². The van der Waals surface area contributed by atoms with Gasteiger partial charge in [0.2, 0.25) is 0 Å². The van der Waals surface area contributed by atoms with Crippen molar-refractivity contribution in [2.24, 2.45) is 0 Å². The second kappa shape index (κ2) is 6.00. The van der Waals surface area contributed by atoms with Crippen LogP contribution in [0.15, 0.2) is 54.6 Å². The first-order valence-corrected chi connectivity index (χ1v) is 6.24. The number of rotatable bonds is 4. The molecule has 0 spiro atoms. The van der Waals surface area contributed by atoms with E-state index in [2.05, 4.69) is 0 Å². The maximum absolute atomic E-state index is 11.1. The minimum atomic E-state index is -1.06. The number of nitro groups is 1. The molecule has 1 N–H and O–H groups in total. The Morgan fingerprint density at radius 3 is 2.29 bits per heavy atom. The summed E-state index contributed by atoms with van der Waals surface area (Å²) < 4.78 is 0. The number of aliphatic carboxylic acids is 1. The molecule has 0 saturated heterocycles. The number of carboxylic acids is 1. The maximum atomic E-state index is 11.1. The molecule has 0 aromatic heterocycles. The van der Waals surface area contributed by atoms with Crippen molar-refractivity contribution in [2.75, 3.05) is 0 Å².